The first-order valence-electron chi connectivity index (χ1n) is 11.3. The van der Waals surface area contributed by atoms with Gasteiger partial charge in [-0.25, -0.2) is 9.48 Å². The van der Waals surface area contributed by atoms with Gasteiger partial charge < -0.3 is 15.4 Å². The first kappa shape index (κ1) is 23.3. The Balaban J connectivity index is 1.38. The number of nitrogens with zero attached hydrogens (tertiary/aromatic N) is 3. The second-order valence-corrected chi connectivity index (χ2v) is 9.58. The number of primary amides is 1. The number of aromatic nitrogens is 2. The molecule has 0 atom stereocenters. The van der Waals surface area contributed by atoms with Crippen LogP contribution >= 0.6 is 0 Å². The molecule has 7 heteroatoms. The van der Waals surface area contributed by atoms with Crippen molar-refractivity contribution in [3.8, 4) is 5.69 Å². The van der Waals surface area contributed by atoms with E-state index in [4.69, 9.17) is 10.5 Å². The van der Waals surface area contributed by atoms with Gasteiger partial charge in [0.15, 0.2) is 5.69 Å². The van der Waals surface area contributed by atoms with Gasteiger partial charge in [0.1, 0.15) is 5.60 Å². The molecule has 0 spiro atoms. The predicted molar refractivity (Wildman–Crippen MR) is 132 cm³/mol. The van der Waals surface area contributed by atoms with E-state index in [9.17, 15) is 9.59 Å². The highest BCUT2D eigenvalue weighted by molar-refractivity contribution is 5.90. The second kappa shape index (κ2) is 9.17. The number of benzene rings is 2. The summed E-state index contributed by atoms with van der Waals surface area (Å²) in [5.74, 6) is -0.534. The predicted octanol–water partition coefficient (Wildman–Crippen LogP) is 4.50. The summed E-state index contributed by atoms with van der Waals surface area (Å²) >= 11 is 0. The molecule has 0 fully saturated rings. The summed E-state index contributed by atoms with van der Waals surface area (Å²) in [5, 5.41) is 4.28. The van der Waals surface area contributed by atoms with Crippen LogP contribution in [-0.4, -0.2) is 45.4 Å². The van der Waals surface area contributed by atoms with E-state index in [0.717, 1.165) is 28.9 Å². The average Bonchev–Trinajstić information content (AvgIpc) is 3.41. The maximum Gasteiger partial charge on any atom is 0.410 e. The van der Waals surface area contributed by atoms with E-state index in [-0.39, 0.29) is 11.8 Å². The highest BCUT2D eigenvalue weighted by atomic mass is 16.6. The largest absolute Gasteiger partial charge is 0.444 e. The number of rotatable bonds is 5. The fourth-order valence-electron chi connectivity index (χ4n) is 3.91. The monoisotopic (exact) mass is 458 g/mol. The van der Waals surface area contributed by atoms with Crippen molar-refractivity contribution in [1.82, 2.24) is 14.7 Å². The van der Waals surface area contributed by atoms with Gasteiger partial charge in [0, 0.05) is 18.8 Å². The molecule has 0 aliphatic carbocycles. The Labute approximate surface area is 199 Å². The number of hydrogen-bond donors (Lipinski definition) is 1. The number of amides is 2. The Kier molecular flexibility index (Phi) is 6.28. The third kappa shape index (κ3) is 5.36. The summed E-state index contributed by atoms with van der Waals surface area (Å²) in [7, 11) is 0. The van der Waals surface area contributed by atoms with E-state index >= 15 is 0 Å². The standard InChI is InChI=1S/C27H30N4O3/c1-18-15-24(25(28)32)29-31(18)23-11-7-20(8-12-23)16-19-5-9-21(10-6-19)22-13-14-30(17-22)26(33)34-27(2,3)4/h5-13,15H,14,16-17H2,1-4H3,(H2,28,32). The van der Waals surface area contributed by atoms with Crippen molar-refractivity contribution < 1.29 is 14.3 Å². The minimum Gasteiger partial charge on any atom is -0.444 e. The molecular weight excluding hydrogens is 428 g/mol. The molecule has 0 saturated carbocycles. The molecule has 176 valence electrons. The van der Waals surface area contributed by atoms with Gasteiger partial charge in [-0.15, -0.1) is 0 Å². The zero-order valence-electron chi connectivity index (χ0n) is 20.0. The van der Waals surface area contributed by atoms with Crippen LogP contribution in [0.15, 0.2) is 60.7 Å². The van der Waals surface area contributed by atoms with Crippen molar-refractivity contribution in [2.45, 2.75) is 39.7 Å². The highest BCUT2D eigenvalue weighted by Crippen LogP contribution is 2.24. The van der Waals surface area contributed by atoms with Crippen molar-refractivity contribution >= 4 is 17.6 Å². The molecule has 0 radical (unpaired) electrons. The van der Waals surface area contributed by atoms with Crippen LogP contribution in [0.5, 0.6) is 0 Å². The van der Waals surface area contributed by atoms with Crippen molar-refractivity contribution in [3.63, 3.8) is 0 Å². The third-order valence-corrected chi connectivity index (χ3v) is 5.62. The zero-order valence-corrected chi connectivity index (χ0v) is 20.0. The number of nitrogens with two attached hydrogens (primary N) is 1. The SMILES string of the molecule is Cc1cc(C(N)=O)nn1-c1ccc(Cc2ccc(C3=CCN(C(=O)OC(C)(C)C)C3)cc2)cc1. The van der Waals surface area contributed by atoms with Crippen LogP contribution in [0.4, 0.5) is 4.79 Å². The summed E-state index contributed by atoms with van der Waals surface area (Å²) < 4.78 is 7.19. The minimum atomic E-state index is -0.534. The van der Waals surface area contributed by atoms with Crippen LogP contribution in [0.2, 0.25) is 0 Å². The van der Waals surface area contributed by atoms with Crippen LogP contribution in [0.25, 0.3) is 11.3 Å². The van der Waals surface area contributed by atoms with Crippen LogP contribution in [0.3, 0.4) is 0 Å². The Morgan fingerprint density at radius 1 is 1.03 bits per heavy atom. The molecule has 34 heavy (non-hydrogen) atoms. The highest BCUT2D eigenvalue weighted by Gasteiger charge is 2.25. The summed E-state index contributed by atoms with van der Waals surface area (Å²) in [6.45, 7) is 8.63. The number of hydrogen-bond acceptors (Lipinski definition) is 4. The molecule has 0 saturated heterocycles. The van der Waals surface area contributed by atoms with Gasteiger partial charge in [-0.2, -0.15) is 5.10 Å². The lowest BCUT2D eigenvalue weighted by atomic mass is 10.0. The van der Waals surface area contributed by atoms with E-state index in [1.54, 1.807) is 15.6 Å². The topological polar surface area (TPSA) is 90.5 Å². The summed E-state index contributed by atoms with van der Waals surface area (Å²) in [6.07, 6.45) is 2.60. The molecule has 2 N–H and O–H groups in total. The summed E-state index contributed by atoms with van der Waals surface area (Å²) in [6, 6.07) is 18.2. The van der Waals surface area contributed by atoms with Gasteiger partial charge in [0.05, 0.1) is 5.69 Å². The molecule has 3 aromatic rings. The summed E-state index contributed by atoms with van der Waals surface area (Å²) in [5.41, 5.74) is 11.4. The first-order valence-corrected chi connectivity index (χ1v) is 11.3. The smallest absolute Gasteiger partial charge is 0.410 e. The molecule has 1 aliphatic heterocycles. The Hall–Kier alpha value is -3.87. The molecule has 2 heterocycles. The molecule has 0 unspecified atom stereocenters. The number of carbonyl (C=O) groups is 2. The Bertz CT molecular complexity index is 1230. The van der Waals surface area contributed by atoms with Gasteiger partial charge >= 0.3 is 6.09 Å². The third-order valence-electron chi connectivity index (χ3n) is 5.62. The van der Waals surface area contributed by atoms with Crippen molar-refractivity contribution in [2.24, 2.45) is 5.73 Å². The molecule has 1 aliphatic rings. The lowest BCUT2D eigenvalue weighted by Gasteiger charge is -2.24. The van der Waals surface area contributed by atoms with E-state index in [0.29, 0.717) is 13.1 Å². The first-order chi connectivity index (χ1) is 16.1. The van der Waals surface area contributed by atoms with Gasteiger partial charge in [0.25, 0.3) is 5.91 Å². The number of carbonyl (C=O) groups excluding carboxylic acids is 2. The van der Waals surface area contributed by atoms with Crippen LogP contribution in [-0.2, 0) is 11.2 Å². The zero-order chi connectivity index (χ0) is 24.5. The molecule has 4 rings (SSSR count). The molecule has 2 amide bonds. The fourth-order valence-corrected chi connectivity index (χ4v) is 3.91. The van der Waals surface area contributed by atoms with Crippen LogP contribution in [0.1, 0.15) is 53.6 Å². The van der Waals surface area contributed by atoms with Crippen LogP contribution in [0, 0.1) is 6.92 Å². The maximum atomic E-state index is 12.3. The van der Waals surface area contributed by atoms with E-state index in [1.165, 1.54) is 11.1 Å². The molecule has 7 nitrogen and oxygen atoms in total. The van der Waals surface area contributed by atoms with Crippen molar-refractivity contribution in [2.75, 3.05) is 13.1 Å². The average molecular weight is 459 g/mol. The number of aryl methyl sites for hydroxylation is 1. The van der Waals surface area contributed by atoms with Gasteiger partial charge in [-0.3, -0.25) is 4.79 Å². The van der Waals surface area contributed by atoms with Crippen molar-refractivity contribution in [3.05, 3.63) is 88.8 Å². The van der Waals surface area contributed by atoms with Crippen LogP contribution < -0.4 is 5.73 Å². The normalized spacial score (nSPS) is 13.6. The fraction of sp³-hybridized carbons (Fsp3) is 0.296. The Morgan fingerprint density at radius 2 is 1.65 bits per heavy atom. The molecule has 1 aromatic heterocycles. The van der Waals surface area contributed by atoms with E-state index in [1.807, 2.05) is 39.8 Å². The van der Waals surface area contributed by atoms with E-state index < -0.39 is 11.5 Å². The number of ether oxygens (including phenoxy) is 1. The minimum absolute atomic E-state index is 0.258. The van der Waals surface area contributed by atoms with Crippen molar-refractivity contribution in [1.29, 1.82) is 0 Å². The second-order valence-electron chi connectivity index (χ2n) is 9.58. The molecular formula is C27H30N4O3. The van der Waals surface area contributed by atoms with Gasteiger partial charge in [-0.05, 0) is 74.6 Å². The quantitative estimate of drug-likeness (QED) is 0.609. The van der Waals surface area contributed by atoms with Gasteiger partial charge in [0.2, 0.25) is 0 Å². The van der Waals surface area contributed by atoms with E-state index in [2.05, 4.69) is 47.6 Å². The lowest BCUT2D eigenvalue weighted by Crippen LogP contribution is -2.35. The summed E-state index contributed by atoms with van der Waals surface area (Å²) in [4.78, 5) is 25.4. The maximum absolute atomic E-state index is 12.3. The lowest BCUT2D eigenvalue weighted by molar-refractivity contribution is 0.0306. The molecule has 0 bridgehead atoms. The Morgan fingerprint density at radius 3 is 2.21 bits per heavy atom. The molecule has 2 aromatic carbocycles. The van der Waals surface area contributed by atoms with Gasteiger partial charge in [-0.1, -0.05) is 42.5 Å².